The molecule has 0 radical (unpaired) electrons. The third kappa shape index (κ3) is 1.96. The topological polar surface area (TPSA) is 40.5 Å². The molecule has 0 aromatic heterocycles. The number of hydrogen-bond donors (Lipinski definition) is 2. The van der Waals surface area contributed by atoms with Crippen LogP contribution in [0.2, 0.25) is 0 Å². The highest BCUT2D eigenvalue weighted by atomic mass is 16.3. The van der Waals surface area contributed by atoms with Gasteiger partial charge in [-0.25, -0.2) is 0 Å². The lowest BCUT2D eigenvalue weighted by molar-refractivity contribution is -0.144. The summed E-state index contributed by atoms with van der Waals surface area (Å²) in [5.74, 6) is 5.56. The zero-order valence-corrected chi connectivity index (χ0v) is 14.7. The van der Waals surface area contributed by atoms with Crippen molar-refractivity contribution in [3.05, 3.63) is 0 Å². The van der Waals surface area contributed by atoms with Crippen LogP contribution < -0.4 is 0 Å². The zero-order valence-electron chi connectivity index (χ0n) is 14.7. The van der Waals surface area contributed by atoms with E-state index in [9.17, 15) is 10.2 Å². The summed E-state index contributed by atoms with van der Waals surface area (Å²) in [7, 11) is 0. The summed E-state index contributed by atoms with van der Waals surface area (Å²) in [4.78, 5) is 0. The molecule has 4 aliphatic carbocycles. The van der Waals surface area contributed by atoms with Crippen molar-refractivity contribution in [2.45, 2.75) is 83.3 Å². The van der Waals surface area contributed by atoms with Gasteiger partial charge in [0.05, 0.1) is 6.10 Å². The van der Waals surface area contributed by atoms with Crippen LogP contribution in [0.25, 0.3) is 0 Å². The summed E-state index contributed by atoms with van der Waals surface area (Å²) in [6.07, 6.45) is 15.6. The van der Waals surface area contributed by atoms with Crippen molar-refractivity contribution in [1.82, 2.24) is 0 Å². The molecule has 0 saturated heterocycles. The van der Waals surface area contributed by atoms with Crippen LogP contribution in [0.1, 0.15) is 71.6 Å². The minimum atomic E-state index is -0.886. The van der Waals surface area contributed by atoms with Gasteiger partial charge in [-0.05, 0) is 86.9 Å². The van der Waals surface area contributed by atoms with Gasteiger partial charge in [-0.15, -0.1) is 6.42 Å². The van der Waals surface area contributed by atoms with Crippen LogP contribution >= 0.6 is 0 Å². The lowest BCUT2D eigenvalue weighted by atomic mass is 9.44. The summed E-state index contributed by atoms with van der Waals surface area (Å²) >= 11 is 0. The van der Waals surface area contributed by atoms with Crippen molar-refractivity contribution in [2.24, 2.45) is 34.5 Å². The Morgan fingerprint density at radius 1 is 0.957 bits per heavy atom. The van der Waals surface area contributed by atoms with E-state index in [4.69, 9.17) is 6.42 Å². The summed E-state index contributed by atoms with van der Waals surface area (Å²) in [5.41, 5.74) is -0.566. The Bertz CT molecular complexity index is 536. The van der Waals surface area contributed by atoms with Gasteiger partial charge in [-0.3, -0.25) is 0 Å². The first kappa shape index (κ1) is 16.0. The fourth-order valence-corrected chi connectivity index (χ4v) is 7.49. The Balaban J connectivity index is 1.65. The molecule has 4 aliphatic rings. The van der Waals surface area contributed by atoms with E-state index in [1.807, 2.05) is 0 Å². The predicted molar refractivity (Wildman–Crippen MR) is 91.5 cm³/mol. The molecule has 128 valence electrons. The van der Waals surface area contributed by atoms with Gasteiger partial charge in [0.1, 0.15) is 5.60 Å². The Hall–Kier alpha value is -0.520. The number of terminal acetylenes is 1. The second-order valence-electron chi connectivity index (χ2n) is 9.58. The predicted octanol–water partition coefficient (Wildman–Crippen LogP) is 3.75. The minimum absolute atomic E-state index is 0.0727. The molecule has 0 spiro atoms. The van der Waals surface area contributed by atoms with E-state index in [2.05, 4.69) is 19.8 Å². The zero-order chi connectivity index (χ0) is 16.5. The van der Waals surface area contributed by atoms with Crippen molar-refractivity contribution >= 4 is 0 Å². The fourth-order valence-electron chi connectivity index (χ4n) is 7.49. The third-order valence-corrected chi connectivity index (χ3v) is 9.03. The van der Waals surface area contributed by atoms with Gasteiger partial charge >= 0.3 is 0 Å². The second kappa shape index (κ2) is 4.99. The molecule has 23 heavy (non-hydrogen) atoms. The largest absolute Gasteiger partial charge is 0.393 e. The number of aliphatic hydroxyl groups excluding tert-OH is 1. The van der Waals surface area contributed by atoms with Gasteiger partial charge in [-0.1, -0.05) is 19.8 Å². The first-order valence-electron chi connectivity index (χ1n) is 9.72. The molecule has 2 heteroatoms. The van der Waals surface area contributed by atoms with Crippen molar-refractivity contribution in [3.8, 4) is 12.3 Å². The van der Waals surface area contributed by atoms with Crippen molar-refractivity contribution < 1.29 is 10.2 Å². The molecule has 0 aromatic carbocycles. The molecule has 0 aromatic rings. The number of aliphatic hydroxyl groups is 2. The molecule has 8 atom stereocenters. The second-order valence-corrected chi connectivity index (χ2v) is 9.58. The lowest BCUT2D eigenvalue weighted by Crippen LogP contribution is -2.56. The van der Waals surface area contributed by atoms with Gasteiger partial charge in [0.2, 0.25) is 0 Å². The summed E-state index contributed by atoms with van der Waals surface area (Å²) in [6.45, 7) is 4.77. The van der Waals surface area contributed by atoms with Crippen LogP contribution in [0.5, 0.6) is 0 Å². The first-order chi connectivity index (χ1) is 10.8. The molecule has 4 saturated carbocycles. The lowest BCUT2D eigenvalue weighted by Gasteiger charge is -2.61. The first-order valence-corrected chi connectivity index (χ1v) is 9.72. The minimum Gasteiger partial charge on any atom is -0.393 e. The average Bonchev–Trinajstić information content (AvgIpc) is 2.80. The van der Waals surface area contributed by atoms with E-state index in [1.54, 1.807) is 0 Å². The van der Waals surface area contributed by atoms with Gasteiger partial charge in [0.25, 0.3) is 0 Å². The van der Waals surface area contributed by atoms with Crippen LogP contribution in [0.4, 0.5) is 0 Å². The Morgan fingerprint density at radius 2 is 1.70 bits per heavy atom. The molecule has 0 heterocycles. The maximum Gasteiger partial charge on any atom is 0.130 e. The Labute approximate surface area is 141 Å². The SMILES string of the molecule is C#C[C@]1(O)CCC2C3CCC4CC(O)CC[C@]4(C)C3CC[C@@]21C. The summed E-state index contributed by atoms with van der Waals surface area (Å²) in [6, 6.07) is 0. The molecular weight excluding hydrogens is 284 g/mol. The van der Waals surface area contributed by atoms with Crippen LogP contribution in [0, 0.1) is 46.8 Å². The maximum atomic E-state index is 11.0. The molecule has 5 unspecified atom stereocenters. The Kier molecular flexibility index (Phi) is 3.47. The molecule has 2 nitrogen and oxygen atoms in total. The van der Waals surface area contributed by atoms with Crippen molar-refractivity contribution in [3.63, 3.8) is 0 Å². The summed E-state index contributed by atoms with van der Waals surface area (Å²) in [5, 5.41) is 21.1. The molecular formula is C21H32O2. The van der Waals surface area contributed by atoms with Crippen LogP contribution in [-0.4, -0.2) is 21.9 Å². The van der Waals surface area contributed by atoms with Crippen LogP contribution in [0.3, 0.4) is 0 Å². The van der Waals surface area contributed by atoms with E-state index in [0.29, 0.717) is 17.3 Å². The van der Waals surface area contributed by atoms with E-state index >= 15 is 0 Å². The van der Waals surface area contributed by atoms with Gasteiger partial charge in [0.15, 0.2) is 0 Å². The van der Waals surface area contributed by atoms with Crippen molar-refractivity contribution in [2.75, 3.05) is 0 Å². The highest BCUT2D eigenvalue weighted by molar-refractivity contribution is 5.23. The number of rotatable bonds is 0. The highest BCUT2D eigenvalue weighted by Crippen LogP contribution is 2.68. The quantitative estimate of drug-likeness (QED) is 0.668. The monoisotopic (exact) mass is 316 g/mol. The molecule has 2 N–H and O–H groups in total. The fraction of sp³-hybridized carbons (Fsp3) is 0.905. The summed E-state index contributed by atoms with van der Waals surface area (Å²) < 4.78 is 0. The van der Waals surface area contributed by atoms with Gasteiger partial charge in [0, 0.05) is 5.41 Å². The third-order valence-electron chi connectivity index (χ3n) is 9.03. The Morgan fingerprint density at radius 3 is 2.43 bits per heavy atom. The molecule has 0 amide bonds. The highest BCUT2D eigenvalue weighted by Gasteiger charge is 2.64. The van der Waals surface area contributed by atoms with Gasteiger partial charge in [-0.2, -0.15) is 0 Å². The van der Waals surface area contributed by atoms with Gasteiger partial charge < -0.3 is 10.2 Å². The molecule has 4 rings (SSSR count). The number of hydrogen-bond acceptors (Lipinski definition) is 2. The smallest absolute Gasteiger partial charge is 0.130 e. The normalized spacial score (nSPS) is 58.7. The van der Waals surface area contributed by atoms with E-state index in [1.165, 1.54) is 25.7 Å². The maximum absolute atomic E-state index is 11.0. The molecule has 0 bridgehead atoms. The van der Waals surface area contributed by atoms with E-state index < -0.39 is 5.60 Å². The number of fused-ring (bicyclic) bond motifs is 5. The van der Waals surface area contributed by atoms with Crippen LogP contribution in [0.15, 0.2) is 0 Å². The van der Waals surface area contributed by atoms with Crippen LogP contribution in [-0.2, 0) is 0 Å². The molecule has 4 fully saturated rings. The molecule has 0 aliphatic heterocycles. The average molecular weight is 316 g/mol. The van der Waals surface area contributed by atoms with Crippen molar-refractivity contribution in [1.29, 1.82) is 0 Å². The van der Waals surface area contributed by atoms with E-state index in [-0.39, 0.29) is 11.5 Å². The van der Waals surface area contributed by atoms with E-state index in [0.717, 1.165) is 43.9 Å². The standard InChI is InChI=1S/C21H32O2/c1-4-21(23)12-9-18-16-6-5-14-13-15(22)7-10-19(14,2)17(16)8-11-20(18,21)3/h1,14-18,22-23H,5-13H2,2-3H3/t14?,15?,16?,17?,18?,19-,20-,21-/m0/s1.